The zero-order chi connectivity index (χ0) is 9.74. The van der Waals surface area contributed by atoms with Crippen molar-refractivity contribution in [3.05, 3.63) is 0 Å². The first-order valence-corrected chi connectivity index (χ1v) is 5.31. The quantitative estimate of drug-likeness (QED) is 0.666. The van der Waals surface area contributed by atoms with Gasteiger partial charge in [0.2, 0.25) is 0 Å². The third kappa shape index (κ3) is 1.20. The van der Waals surface area contributed by atoms with Gasteiger partial charge in [-0.3, -0.25) is 0 Å². The third-order valence-corrected chi connectivity index (χ3v) is 4.83. The molecule has 2 atom stereocenters. The zero-order valence-corrected chi connectivity index (χ0v) is 8.19. The van der Waals surface area contributed by atoms with Crippen LogP contribution in [0.5, 0.6) is 0 Å². The first-order valence-electron chi connectivity index (χ1n) is 4.33. The van der Waals surface area contributed by atoms with E-state index in [9.17, 15) is 13.2 Å². The number of thioether (sulfide) groups is 1. The molecule has 1 nitrogen and oxygen atoms in total. The molecule has 13 heavy (non-hydrogen) atoms. The van der Waals surface area contributed by atoms with E-state index in [4.69, 9.17) is 0 Å². The summed E-state index contributed by atoms with van der Waals surface area (Å²) in [6.45, 7) is 2.33. The van der Waals surface area contributed by atoms with Crippen LogP contribution >= 0.6 is 11.8 Å². The number of hydrogen-bond donors (Lipinski definition) is 1. The summed E-state index contributed by atoms with van der Waals surface area (Å²) in [4.78, 5) is 0. The molecule has 1 N–H and O–H groups in total. The Hall–Kier alpha value is 0.100. The van der Waals surface area contributed by atoms with Gasteiger partial charge in [0.25, 0.3) is 0 Å². The molecule has 5 heteroatoms. The fourth-order valence-electron chi connectivity index (χ4n) is 2.07. The van der Waals surface area contributed by atoms with Crippen molar-refractivity contribution in [2.75, 3.05) is 18.8 Å². The molecule has 76 valence electrons. The van der Waals surface area contributed by atoms with Gasteiger partial charge in [0.1, 0.15) is 0 Å². The Balaban J connectivity index is 2.31. The molecule has 0 bridgehead atoms. The van der Waals surface area contributed by atoms with Crippen molar-refractivity contribution in [3.8, 4) is 0 Å². The summed E-state index contributed by atoms with van der Waals surface area (Å²) in [7, 11) is 0. The molecule has 0 aromatic heterocycles. The lowest BCUT2D eigenvalue weighted by Crippen LogP contribution is -2.49. The van der Waals surface area contributed by atoms with E-state index in [0.29, 0.717) is 12.3 Å². The highest BCUT2D eigenvalue weighted by Crippen LogP contribution is 2.64. The molecule has 2 saturated heterocycles. The van der Waals surface area contributed by atoms with Gasteiger partial charge in [-0.2, -0.15) is 24.9 Å². The van der Waals surface area contributed by atoms with Crippen molar-refractivity contribution in [1.29, 1.82) is 0 Å². The standard InChI is InChI=1S/C8H12F3NS/c1-6(5-13-6)7(8(9,10)11)2-3-12-4-7/h12H,2-5H2,1H3. The van der Waals surface area contributed by atoms with Gasteiger partial charge in [0.05, 0.1) is 5.41 Å². The average molecular weight is 211 g/mol. The second-order valence-corrected chi connectivity index (χ2v) is 5.50. The molecule has 0 spiro atoms. The summed E-state index contributed by atoms with van der Waals surface area (Å²) in [5.41, 5.74) is -1.47. The van der Waals surface area contributed by atoms with Gasteiger partial charge in [-0.05, 0) is 19.9 Å². The van der Waals surface area contributed by atoms with Crippen molar-refractivity contribution in [2.24, 2.45) is 5.41 Å². The Morgan fingerprint density at radius 1 is 1.38 bits per heavy atom. The van der Waals surface area contributed by atoms with Crippen LogP contribution in [0.25, 0.3) is 0 Å². The Kier molecular flexibility index (Phi) is 1.90. The highest BCUT2D eigenvalue weighted by atomic mass is 32.2. The molecule has 2 fully saturated rings. The molecule has 0 aromatic carbocycles. The molecule has 0 radical (unpaired) electrons. The molecule has 0 amide bonds. The van der Waals surface area contributed by atoms with Crippen LogP contribution in [0.1, 0.15) is 13.3 Å². The van der Waals surface area contributed by atoms with Gasteiger partial charge >= 0.3 is 6.18 Å². The van der Waals surface area contributed by atoms with Crippen LogP contribution < -0.4 is 5.32 Å². The minimum atomic E-state index is -4.06. The van der Waals surface area contributed by atoms with Crippen molar-refractivity contribution < 1.29 is 13.2 Å². The van der Waals surface area contributed by atoms with Crippen LogP contribution in [0.3, 0.4) is 0 Å². The number of halogens is 3. The summed E-state index contributed by atoms with van der Waals surface area (Å²) in [5.74, 6) is 0.647. The van der Waals surface area contributed by atoms with Crippen molar-refractivity contribution >= 4 is 11.8 Å². The van der Waals surface area contributed by atoms with Crippen molar-refractivity contribution in [2.45, 2.75) is 24.3 Å². The summed E-state index contributed by atoms with van der Waals surface area (Å²) in [6.07, 6.45) is -3.82. The predicted molar refractivity (Wildman–Crippen MR) is 46.8 cm³/mol. The maximum atomic E-state index is 12.9. The maximum absolute atomic E-state index is 12.9. The van der Waals surface area contributed by atoms with Crippen molar-refractivity contribution in [3.63, 3.8) is 0 Å². The molecular weight excluding hydrogens is 199 g/mol. The maximum Gasteiger partial charge on any atom is 0.397 e. The van der Waals surface area contributed by atoms with Crippen LogP contribution in [0.4, 0.5) is 13.2 Å². The van der Waals surface area contributed by atoms with Gasteiger partial charge in [-0.25, -0.2) is 0 Å². The van der Waals surface area contributed by atoms with Crippen molar-refractivity contribution in [1.82, 2.24) is 5.32 Å². The van der Waals surface area contributed by atoms with Crippen LogP contribution in [0.15, 0.2) is 0 Å². The molecule has 2 rings (SSSR count). The van der Waals surface area contributed by atoms with E-state index in [1.165, 1.54) is 11.8 Å². The third-order valence-electron chi connectivity index (χ3n) is 3.29. The van der Waals surface area contributed by atoms with E-state index in [2.05, 4.69) is 5.32 Å². The number of hydrogen-bond acceptors (Lipinski definition) is 2. The lowest BCUT2D eigenvalue weighted by molar-refractivity contribution is -0.222. The topological polar surface area (TPSA) is 12.0 Å². The lowest BCUT2D eigenvalue weighted by atomic mass is 9.75. The molecule has 2 unspecified atom stereocenters. The Bertz CT molecular complexity index is 209. The molecule has 2 heterocycles. The zero-order valence-electron chi connectivity index (χ0n) is 7.37. The Labute approximate surface area is 79.5 Å². The van der Waals surface area contributed by atoms with E-state index in [1.54, 1.807) is 6.92 Å². The molecular formula is C8H12F3NS. The number of nitrogens with one attached hydrogen (secondary N) is 1. The molecule has 2 aliphatic rings. The minimum Gasteiger partial charge on any atom is -0.316 e. The predicted octanol–water partition coefficient (Wildman–Crippen LogP) is 2.03. The molecule has 0 aromatic rings. The summed E-state index contributed by atoms with van der Waals surface area (Å²) in [5, 5.41) is 2.83. The van der Waals surface area contributed by atoms with Crippen LogP contribution in [-0.4, -0.2) is 29.8 Å². The lowest BCUT2D eigenvalue weighted by Gasteiger charge is -2.35. The SMILES string of the molecule is CC1(C2(C(F)(F)F)CCNC2)CS1. The number of alkyl halides is 3. The second-order valence-electron chi connectivity index (χ2n) is 4.03. The van der Waals surface area contributed by atoms with E-state index >= 15 is 0 Å². The average Bonchev–Trinajstić information content (AvgIpc) is 2.61. The van der Waals surface area contributed by atoms with Crippen LogP contribution in [0, 0.1) is 5.41 Å². The van der Waals surface area contributed by atoms with Gasteiger partial charge in [-0.1, -0.05) is 0 Å². The van der Waals surface area contributed by atoms with E-state index < -0.39 is 16.3 Å². The summed E-state index contributed by atoms with van der Waals surface area (Å²) < 4.78 is 38.1. The molecule has 2 aliphatic heterocycles. The minimum absolute atomic E-state index is 0.0972. The van der Waals surface area contributed by atoms with Gasteiger partial charge in [-0.15, -0.1) is 0 Å². The fraction of sp³-hybridized carbons (Fsp3) is 1.00. The second kappa shape index (κ2) is 2.57. The van der Waals surface area contributed by atoms with Gasteiger partial charge < -0.3 is 5.32 Å². The van der Waals surface area contributed by atoms with Crippen LogP contribution in [-0.2, 0) is 0 Å². The smallest absolute Gasteiger partial charge is 0.316 e. The van der Waals surface area contributed by atoms with Gasteiger partial charge in [0, 0.05) is 17.0 Å². The molecule has 0 aliphatic carbocycles. The summed E-state index contributed by atoms with van der Waals surface area (Å²) >= 11 is 1.43. The van der Waals surface area contributed by atoms with E-state index in [0.717, 1.165) is 0 Å². The first kappa shape index (κ1) is 9.65. The Morgan fingerprint density at radius 2 is 2.00 bits per heavy atom. The monoisotopic (exact) mass is 211 g/mol. The molecule has 0 saturated carbocycles. The van der Waals surface area contributed by atoms with Gasteiger partial charge in [0.15, 0.2) is 0 Å². The fourth-order valence-corrected chi connectivity index (χ4v) is 3.13. The largest absolute Gasteiger partial charge is 0.397 e. The Morgan fingerprint density at radius 3 is 2.31 bits per heavy atom. The number of rotatable bonds is 1. The first-order chi connectivity index (χ1) is 5.91. The highest BCUT2D eigenvalue weighted by Gasteiger charge is 2.70. The normalized spacial score (nSPS) is 45.2. The van der Waals surface area contributed by atoms with E-state index in [-0.39, 0.29) is 13.0 Å². The van der Waals surface area contributed by atoms with E-state index in [1.807, 2.05) is 0 Å². The van der Waals surface area contributed by atoms with Crippen LogP contribution in [0.2, 0.25) is 0 Å². The highest BCUT2D eigenvalue weighted by molar-refractivity contribution is 8.07. The summed E-state index contributed by atoms with van der Waals surface area (Å²) in [6, 6.07) is 0.